The number of hydrogen-bond donors (Lipinski definition) is 1. The predicted molar refractivity (Wildman–Crippen MR) is 128 cm³/mol. The Labute approximate surface area is 215 Å². The van der Waals surface area contributed by atoms with Gasteiger partial charge in [-0.25, -0.2) is 0 Å². The number of piperidine rings is 1. The number of halogens is 6. The van der Waals surface area contributed by atoms with Crippen LogP contribution >= 0.6 is 0 Å². The van der Waals surface area contributed by atoms with Gasteiger partial charge in [-0.1, -0.05) is 12.1 Å². The van der Waals surface area contributed by atoms with Gasteiger partial charge in [0.05, 0.1) is 0 Å². The van der Waals surface area contributed by atoms with Crippen molar-refractivity contribution >= 4 is 16.8 Å². The lowest BCUT2D eigenvalue weighted by Gasteiger charge is -2.34. The number of fused-ring (bicyclic) bond motifs is 1. The van der Waals surface area contributed by atoms with Gasteiger partial charge in [0.2, 0.25) is 0 Å². The van der Waals surface area contributed by atoms with Gasteiger partial charge in [0.1, 0.15) is 17.2 Å². The number of H-pyrrole nitrogens is 1. The normalized spacial score (nSPS) is 15.6. The SMILES string of the molecule is CCN(CC1CCN(Cc2ccc(OC(F)(F)F)cc2)CC1)C(=O)c1cc2cc(OC(F)(F)F)ccc2[nH]1. The highest BCUT2D eigenvalue weighted by Gasteiger charge is 2.32. The molecule has 0 bridgehead atoms. The van der Waals surface area contributed by atoms with Crippen molar-refractivity contribution in [3.05, 3.63) is 59.8 Å². The molecule has 4 rings (SSSR count). The molecule has 0 radical (unpaired) electrons. The molecule has 0 saturated carbocycles. The Morgan fingerprint density at radius 3 is 2.16 bits per heavy atom. The van der Waals surface area contributed by atoms with Crippen LogP contribution in [0.5, 0.6) is 11.5 Å². The Kier molecular flexibility index (Phi) is 8.10. The van der Waals surface area contributed by atoms with Crippen LogP contribution in [0, 0.1) is 5.92 Å². The Morgan fingerprint density at radius 2 is 1.55 bits per heavy atom. The number of ether oxygens (including phenoxy) is 2. The summed E-state index contributed by atoms with van der Waals surface area (Å²) in [6, 6.07) is 11.2. The topological polar surface area (TPSA) is 57.8 Å². The van der Waals surface area contributed by atoms with Crippen molar-refractivity contribution in [3.8, 4) is 11.5 Å². The number of amides is 1. The molecule has 3 aromatic rings. The average molecular weight is 544 g/mol. The summed E-state index contributed by atoms with van der Waals surface area (Å²) >= 11 is 0. The standard InChI is InChI=1S/C26H27F6N3O3/c1-2-35(24(36)23-14-19-13-21(38-26(30,31)32)7-8-22(19)33-23)16-18-9-11-34(12-10-18)15-17-3-5-20(6-4-17)37-25(27,28)29/h3-8,13-14,18,33H,2,9-12,15-16H2,1H3. The summed E-state index contributed by atoms with van der Waals surface area (Å²) in [6.45, 7) is 5.06. The zero-order valence-electron chi connectivity index (χ0n) is 20.5. The molecule has 1 N–H and O–H groups in total. The quantitative estimate of drug-likeness (QED) is 0.337. The first-order valence-corrected chi connectivity index (χ1v) is 12.1. The lowest BCUT2D eigenvalue weighted by molar-refractivity contribution is -0.275. The molecule has 2 aromatic carbocycles. The third kappa shape index (κ3) is 7.56. The van der Waals surface area contributed by atoms with E-state index in [1.54, 1.807) is 17.0 Å². The van der Waals surface area contributed by atoms with E-state index in [1.165, 1.54) is 36.4 Å². The first kappa shape index (κ1) is 27.6. The number of benzene rings is 2. The minimum Gasteiger partial charge on any atom is -0.406 e. The molecule has 6 nitrogen and oxygen atoms in total. The summed E-state index contributed by atoms with van der Waals surface area (Å²) in [5, 5.41) is 0.442. The van der Waals surface area contributed by atoms with Crippen LogP contribution in [-0.2, 0) is 6.54 Å². The Balaban J connectivity index is 1.30. The molecule has 1 saturated heterocycles. The summed E-state index contributed by atoms with van der Waals surface area (Å²) in [6.07, 6.45) is -7.82. The first-order valence-electron chi connectivity index (χ1n) is 12.1. The Hall–Kier alpha value is -3.41. The van der Waals surface area contributed by atoms with Gasteiger partial charge in [0, 0.05) is 30.5 Å². The van der Waals surface area contributed by atoms with Crippen LogP contribution in [0.4, 0.5) is 26.3 Å². The molecule has 0 atom stereocenters. The summed E-state index contributed by atoms with van der Waals surface area (Å²) in [5.74, 6) is -0.568. The fourth-order valence-electron chi connectivity index (χ4n) is 4.64. The van der Waals surface area contributed by atoms with E-state index in [0.29, 0.717) is 36.2 Å². The van der Waals surface area contributed by atoms with Gasteiger partial charge in [-0.3, -0.25) is 9.69 Å². The monoisotopic (exact) mass is 543 g/mol. The van der Waals surface area contributed by atoms with Crippen molar-refractivity contribution in [1.82, 2.24) is 14.8 Å². The van der Waals surface area contributed by atoms with E-state index in [4.69, 9.17) is 0 Å². The second-order valence-electron chi connectivity index (χ2n) is 9.23. The maximum Gasteiger partial charge on any atom is 0.573 e. The lowest BCUT2D eigenvalue weighted by Crippen LogP contribution is -2.40. The molecule has 0 spiro atoms. The maximum absolute atomic E-state index is 13.1. The zero-order chi connectivity index (χ0) is 27.5. The van der Waals surface area contributed by atoms with Crippen molar-refractivity contribution < 1.29 is 40.6 Å². The summed E-state index contributed by atoms with van der Waals surface area (Å²) in [4.78, 5) is 20.1. The number of rotatable bonds is 8. The third-order valence-corrected chi connectivity index (χ3v) is 6.47. The molecule has 38 heavy (non-hydrogen) atoms. The molecule has 1 aromatic heterocycles. The molecule has 1 aliphatic rings. The zero-order valence-corrected chi connectivity index (χ0v) is 20.5. The number of likely N-dealkylation sites (tertiary alicyclic amines) is 1. The Morgan fingerprint density at radius 1 is 0.947 bits per heavy atom. The van der Waals surface area contributed by atoms with Gasteiger partial charge in [-0.05, 0) is 80.7 Å². The molecule has 206 valence electrons. The van der Waals surface area contributed by atoms with Crippen molar-refractivity contribution in [1.29, 1.82) is 0 Å². The maximum atomic E-state index is 13.1. The van der Waals surface area contributed by atoms with Gasteiger partial charge < -0.3 is 19.4 Å². The van der Waals surface area contributed by atoms with Gasteiger partial charge in [-0.15, -0.1) is 26.3 Å². The van der Waals surface area contributed by atoms with Crippen LogP contribution in [0.15, 0.2) is 48.5 Å². The number of alkyl halides is 6. The van der Waals surface area contributed by atoms with E-state index in [9.17, 15) is 31.1 Å². The van der Waals surface area contributed by atoms with E-state index in [0.717, 1.165) is 31.5 Å². The summed E-state index contributed by atoms with van der Waals surface area (Å²) in [7, 11) is 0. The van der Waals surface area contributed by atoms with Crippen molar-refractivity contribution in [2.45, 2.75) is 39.0 Å². The smallest absolute Gasteiger partial charge is 0.406 e. The number of aromatic nitrogens is 1. The van der Waals surface area contributed by atoms with E-state index >= 15 is 0 Å². The number of nitrogens with one attached hydrogen (secondary N) is 1. The van der Waals surface area contributed by atoms with Crippen LogP contribution in [0.1, 0.15) is 35.8 Å². The highest BCUT2D eigenvalue weighted by Crippen LogP contribution is 2.28. The van der Waals surface area contributed by atoms with Gasteiger partial charge >= 0.3 is 12.7 Å². The number of nitrogens with zero attached hydrogens (tertiary/aromatic N) is 2. The highest BCUT2D eigenvalue weighted by molar-refractivity contribution is 5.98. The lowest BCUT2D eigenvalue weighted by atomic mass is 9.95. The van der Waals surface area contributed by atoms with Gasteiger partial charge in [0.15, 0.2) is 0 Å². The fraction of sp³-hybridized carbons (Fsp3) is 0.423. The van der Waals surface area contributed by atoms with Crippen molar-refractivity contribution in [2.24, 2.45) is 5.92 Å². The van der Waals surface area contributed by atoms with Gasteiger partial charge in [0.25, 0.3) is 5.91 Å². The molecule has 0 aliphatic carbocycles. The number of carbonyl (C=O) groups excluding carboxylic acids is 1. The van der Waals surface area contributed by atoms with Crippen LogP contribution in [0.25, 0.3) is 10.9 Å². The minimum absolute atomic E-state index is 0.231. The number of carbonyl (C=O) groups is 1. The van der Waals surface area contributed by atoms with E-state index < -0.39 is 12.7 Å². The van der Waals surface area contributed by atoms with Crippen molar-refractivity contribution in [2.75, 3.05) is 26.2 Å². The second-order valence-corrected chi connectivity index (χ2v) is 9.23. The van der Waals surface area contributed by atoms with Crippen LogP contribution in [0.3, 0.4) is 0 Å². The number of hydrogen-bond acceptors (Lipinski definition) is 4. The molecule has 2 heterocycles. The molecule has 1 fully saturated rings. The van der Waals surface area contributed by atoms with Crippen LogP contribution in [0.2, 0.25) is 0 Å². The molecular formula is C26H27F6N3O3. The van der Waals surface area contributed by atoms with E-state index in [1.807, 2.05) is 6.92 Å². The average Bonchev–Trinajstić information content (AvgIpc) is 3.26. The predicted octanol–water partition coefficient (Wildman–Crippen LogP) is 6.34. The van der Waals surface area contributed by atoms with Gasteiger partial charge in [-0.2, -0.15) is 0 Å². The second kappa shape index (κ2) is 11.1. The molecule has 1 aliphatic heterocycles. The van der Waals surface area contributed by atoms with Crippen LogP contribution < -0.4 is 9.47 Å². The summed E-state index contributed by atoms with van der Waals surface area (Å²) in [5.41, 5.74) is 1.71. The number of aromatic amines is 1. The summed E-state index contributed by atoms with van der Waals surface area (Å²) < 4.78 is 82.4. The molecule has 0 unspecified atom stereocenters. The molecule has 12 heteroatoms. The largest absolute Gasteiger partial charge is 0.573 e. The Bertz CT molecular complexity index is 1230. The molecule has 1 amide bonds. The first-order chi connectivity index (χ1) is 17.9. The van der Waals surface area contributed by atoms with Crippen LogP contribution in [-0.4, -0.2) is 59.6 Å². The molecular weight excluding hydrogens is 516 g/mol. The fourth-order valence-corrected chi connectivity index (χ4v) is 4.64. The van der Waals surface area contributed by atoms with E-state index in [2.05, 4.69) is 19.4 Å². The minimum atomic E-state index is -4.80. The van der Waals surface area contributed by atoms with Crippen molar-refractivity contribution in [3.63, 3.8) is 0 Å². The van der Waals surface area contributed by atoms with E-state index in [-0.39, 0.29) is 23.3 Å². The highest BCUT2D eigenvalue weighted by atomic mass is 19.4. The third-order valence-electron chi connectivity index (χ3n) is 6.47.